The van der Waals surface area contributed by atoms with Gasteiger partial charge < -0.3 is 4.90 Å². The molecule has 0 N–H and O–H groups in total. The van der Waals surface area contributed by atoms with Crippen LogP contribution in [0.25, 0.3) is 0 Å². The van der Waals surface area contributed by atoms with Gasteiger partial charge in [0.2, 0.25) is 0 Å². The molecule has 5 heteroatoms. The second kappa shape index (κ2) is 11.3. The molecule has 2 aromatic carbocycles. The van der Waals surface area contributed by atoms with Crippen LogP contribution in [0.1, 0.15) is 38.3 Å². The molecule has 0 bridgehead atoms. The number of rotatable bonds is 6. The number of nitrogens with zero attached hydrogens (tertiary/aromatic N) is 3. The lowest BCUT2D eigenvalue weighted by Gasteiger charge is -2.32. The fourth-order valence-corrected chi connectivity index (χ4v) is 4.02. The van der Waals surface area contributed by atoms with E-state index in [2.05, 4.69) is 35.4 Å². The van der Waals surface area contributed by atoms with Crippen molar-refractivity contribution in [2.75, 3.05) is 24.5 Å². The standard InChI is InChI=1S/C22H23Cl2N3.C2H6/c1-16(2)13-26-10-9-20(15-26)27(14-18-5-3-4-6-21(18)23)19-8-7-17(12-25)22(24)11-19;1-2/h3-8,11,20H,1,9-10,13-15H2,2H3;1-2H3. The maximum Gasteiger partial charge on any atom is 0.101 e. The van der Waals surface area contributed by atoms with Gasteiger partial charge in [0.1, 0.15) is 6.07 Å². The molecule has 0 saturated carbocycles. The Labute approximate surface area is 185 Å². The molecule has 0 radical (unpaired) electrons. The van der Waals surface area contributed by atoms with Crippen LogP contribution in [0.15, 0.2) is 54.6 Å². The molecule has 1 fully saturated rings. The summed E-state index contributed by atoms with van der Waals surface area (Å²) in [4.78, 5) is 4.78. The molecule has 0 spiro atoms. The Morgan fingerprint density at radius 1 is 1.21 bits per heavy atom. The van der Waals surface area contributed by atoms with Crippen molar-refractivity contribution in [3.05, 3.63) is 75.8 Å². The van der Waals surface area contributed by atoms with Gasteiger partial charge in [0, 0.05) is 42.9 Å². The molecule has 1 saturated heterocycles. The summed E-state index contributed by atoms with van der Waals surface area (Å²) in [6, 6.07) is 16.1. The molecule has 1 aliphatic heterocycles. The number of halogens is 2. The van der Waals surface area contributed by atoms with Crippen molar-refractivity contribution in [3.63, 3.8) is 0 Å². The lowest BCUT2D eigenvalue weighted by atomic mass is 10.1. The highest BCUT2D eigenvalue weighted by atomic mass is 35.5. The summed E-state index contributed by atoms with van der Waals surface area (Å²) >= 11 is 12.7. The van der Waals surface area contributed by atoms with E-state index in [0.717, 1.165) is 42.3 Å². The summed E-state index contributed by atoms with van der Waals surface area (Å²) in [7, 11) is 0. The minimum absolute atomic E-state index is 0.352. The molecule has 3 nitrogen and oxygen atoms in total. The Morgan fingerprint density at radius 3 is 2.55 bits per heavy atom. The summed E-state index contributed by atoms with van der Waals surface area (Å²) in [5.74, 6) is 0. The van der Waals surface area contributed by atoms with Gasteiger partial charge in [-0.15, -0.1) is 0 Å². The largest absolute Gasteiger partial charge is 0.363 e. The Bertz CT molecular complexity index is 873. The number of anilines is 1. The molecule has 154 valence electrons. The van der Waals surface area contributed by atoms with Gasteiger partial charge in [0.15, 0.2) is 0 Å². The van der Waals surface area contributed by atoms with Crippen LogP contribution in [0.4, 0.5) is 5.69 Å². The zero-order valence-corrected chi connectivity index (χ0v) is 19.0. The second-order valence-electron chi connectivity index (χ2n) is 7.13. The summed E-state index contributed by atoms with van der Waals surface area (Å²) in [6.07, 6.45) is 1.06. The topological polar surface area (TPSA) is 30.3 Å². The summed E-state index contributed by atoms with van der Waals surface area (Å²) in [5.41, 5.74) is 3.77. The van der Waals surface area contributed by atoms with Crippen LogP contribution in [0.2, 0.25) is 10.0 Å². The maximum absolute atomic E-state index is 9.17. The van der Waals surface area contributed by atoms with Crippen LogP contribution in [0.3, 0.4) is 0 Å². The van der Waals surface area contributed by atoms with Gasteiger partial charge in [-0.2, -0.15) is 5.26 Å². The van der Waals surface area contributed by atoms with Crippen LogP contribution in [-0.4, -0.2) is 30.6 Å². The van der Waals surface area contributed by atoms with E-state index < -0.39 is 0 Å². The summed E-state index contributed by atoms with van der Waals surface area (Å²) in [6.45, 7) is 13.7. The molecule has 0 aliphatic carbocycles. The number of nitriles is 1. The van der Waals surface area contributed by atoms with E-state index in [4.69, 9.17) is 28.5 Å². The first kappa shape index (κ1) is 23.3. The van der Waals surface area contributed by atoms with Gasteiger partial charge in [-0.1, -0.05) is 67.4 Å². The highest BCUT2D eigenvalue weighted by molar-refractivity contribution is 6.32. The van der Waals surface area contributed by atoms with Crippen LogP contribution in [0, 0.1) is 11.3 Å². The predicted octanol–water partition coefficient (Wildman–Crippen LogP) is 6.55. The van der Waals surface area contributed by atoms with Crippen LogP contribution in [0.5, 0.6) is 0 Å². The van der Waals surface area contributed by atoms with Gasteiger partial charge in [0.05, 0.1) is 10.6 Å². The fourth-order valence-electron chi connectivity index (χ4n) is 3.61. The zero-order valence-electron chi connectivity index (χ0n) is 17.5. The monoisotopic (exact) mass is 429 g/mol. The molecule has 3 rings (SSSR count). The van der Waals surface area contributed by atoms with Gasteiger partial charge in [-0.05, 0) is 43.2 Å². The average molecular weight is 430 g/mol. The molecule has 1 atom stereocenters. The van der Waals surface area contributed by atoms with E-state index in [-0.39, 0.29) is 0 Å². The maximum atomic E-state index is 9.17. The number of hydrogen-bond acceptors (Lipinski definition) is 3. The first-order chi connectivity index (χ1) is 14.0. The third kappa shape index (κ3) is 6.24. The third-order valence-corrected chi connectivity index (χ3v) is 5.57. The third-order valence-electron chi connectivity index (χ3n) is 4.89. The van der Waals surface area contributed by atoms with Crippen molar-refractivity contribution in [3.8, 4) is 6.07 Å². The highest BCUT2D eigenvalue weighted by Crippen LogP contribution is 2.30. The Kier molecular flexibility index (Phi) is 9.04. The quantitative estimate of drug-likeness (QED) is 0.487. The zero-order chi connectivity index (χ0) is 21.4. The lowest BCUT2D eigenvalue weighted by molar-refractivity contribution is 0.361. The van der Waals surface area contributed by atoms with Crippen molar-refractivity contribution < 1.29 is 0 Å². The summed E-state index contributed by atoms with van der Waals surface area (Å²) < 4.78 is 0. The summed E-state index contributed by atoms with van der Waals surface area (Å²) in [5, 5.41) is 10.4. The molecule has 2 aromatic rings. The molecule has 1 aliphatic rings. The van der Waals surface area contributed by atoms with Crippen LogP contribution >= 0.6 is 23.2 Å². The molecule has 1 heterocycles. The molecule has 1 unspecified atom stereocenters. The SMILES string of the molecule is C=C(C)CN1CCC(N(Cc2ccccc2Cl)c2ccc(C#N)c(Cl)c2)C1.CC. The van der Waals surface area contributed by atoms with Crippen LogP contribution < -0.4 is 4.90 Å². The molecular formula is C24H29Cl2N3. The minimum Gasteiger partial charge on any atom is -0.363 e. The van der Waals surface area contributed by atoms with E-state index in [0.29, 0.717) is 23.2 Å². The first-order valence-electron chi connectivity index (χ1n) is 10.0. The molecular weight excluding hydrogens is 401 g/mol. The second-order valence-corrected chi connectivity index (χ2v) is 7.94. The smallest absolute Gasteiger partial charge is 0.101 e. The van der Waals surface area contributed by atoms with E-state index in [1.807, 2.05) is 44.2 Å². The first-order valence-corrected chi connectivity index (χ1v) is 10.8. The van der Waals surface area contributed by atoms with Gasteiger partial charge >= 0.3 is 0 Å². The average Bonchev–Trinajstić information content (AvgIpc) is 3.16. The Hall–Kier alpha value is -1.99. The number of likely N-dealkylation sites (tertiary alicyclic amines) is 1. The number of benzene rings is 2. The van der Waals surface area contributed by atoms with Gasteiger partial charge in [0.25, 0.3) is 0 Å². The van der Waals surface area contributed by atoms with E-state index in [9.17, 15) is 0 Å². The minimum atomic E-state index is 0.352. The molecule has 0 amide bonds. The van der Waals surface area contributed by atoms with Gasteiger partial charge in [-0.3, -0.25) is 4.90 Å². The van der Waals surface area contributed by atoms with Crippen LogP contribution in [-0.2, 0) is 6.54 Å². The van der Waals surface area contributed by atoms with Crippen molar-refractivity contribution >= 4 is 28.9 Å². The van der Waals surface area contributed by atoms with Crippen molar-refractivity contribution in [2.24, 2.45) is 0 Å². The Balaban J connectivity index is 0.00000145. The molecule has 29 heavy (non-hydrogen) atoms. The number of hydrogen-bond donors (Lipinski definition) is 0. The van der Waals surface area contributed by atoms with Crippen molar-refractivity contribution in [1.82, 2.24) is 4.90 Å². The Morgan fingerprint density at radius 2 is 1.93 bits per heavy atom. The van der Waals surface area contributed by atoms with E-state index in [1.54, 1.807) is 6.07 Å². The van der Waals surface area contributed by atoms with Crippen molar-refractivity contribution in [1.29, 1.82) is 5.26 Å². The van der Waals surface area contributed by atoms with Gasteiger partial charge in [-0.25, -0.2) is 0 Å². The fraction of sp³-hybridized carbons (Fsp3) is 0.375. The molecule has 0 aromatic heterocycles. The lowest BCUT2D eigenvalue weighted by Crippen LogP contribution is -2.37. The van der Waals surface area contributed by atoms with E-state index >= 15 is 0 Å². The normalized spacial score (nSPS) is 15.9. The highest BCUT2D eigenvalue weighted by Gasteiger charge is 2.28. The van der Waals surface area contributed by atoms with E-state index in [1.165, 1.54) is 5.57 Å². The predicted molar refractivity (Wildman–Crippen MR) is 125 cm³/mol. The van der Waals surface area contributed by atoms with Crippen molar-refractivity contribution in [2.45, 2.75) is 39.8 Å².